The number of rotatable bonds is 3. The lowest BCUT2D eigenvalue weighted by molar-refractivity contribution is 0.340. The van der Waals surface area contributed by atoms with Gasteiger partial charge < -0.3 is 15.8 Å². The van der Waals surface area contributed by atoms with E-state index >= 15 is 0 Å². The molecule has 4 heteroatoms. The molecule has 3 rings (SSSR count). The zero-order chi connectivity index (χ0) is 14.1. The van der Waals surface area contributed by atoms with Gasteiger partial charge in [0.2, 0.25) is 0 Å². The highest BCUT2D eigenvalue weighted by Crippen LogP contribution is 2.34. The molecule has 1 aliphatic heterocycles. The van der Waals surface area contributed by atoms with Gasteiger partial charge in [0.15, 0.2) is 0 Å². The van der Waals surface area contributed by atoms with E-state index in [4.69, 9.17) is 22.7 Å². The maximum Gasteiger partial charge on any atom is 0.124 e. The lowest BCUT2D eigenvalue weighted by Crippen LogP contribution is -2.17. The van der Waals surface area contributed by atoms with Crippen LogP contribution in [0.1, 0.15) is 22.7 Å². The van der Waals surface area contributed by atoms with Crippen LogP contribution in [0.2, 0.25) is 0 Å². The van der Waals surface area contributed by atoms with Gasteiger partial charge in [-0.1, -0.05) is 42.0 Å². The average Bonchev–Trinajstić information content (AvgIpc) is 2.84. The molecule has 0 aromatic heterocycles. The van der Waals surface area contributed by atoms with E-state index in [9.17, 15) is 0 Å². The average molecular weight is 284 g/mol. The predicted octanol–water partition coefficient (Wildman–Crippen LogP) is 3.17. The lowest BCUT2D eigenvalue weighted by Gasteiger charge is -2.17. The molecule has 2 aromatic carbocycles. The first-order valence-corrected chi connectivity index (χ1v) is 6.94. The summed E-state index contributed by atoms with van der Waals surface area (Å²) >= 11 is 5.13. The molecule has 102 valence electrons. The normalized spacial score (nSPS) is 16.4. The minimum absolute atomic E-state index is 0.127. The number of aryl methyl sites for hydroxylation is 1. The van der Waals surface area contributed by atoms with Gasteiger partial charge in [0.05, 0.1) is 6.04 Å². The number of hydrogen-bond acceptors (Lipinski definition) is 3. The Bertz CT molecular complexity index is 669. The van der Waals surface area contributed by atoms with E-state index in [1.54, 1.807) is 0 Å². The fourth-order valence-electron chi connectivity index (χ4n) is 2.46. The summed E-state index contributed by atoms with van der Waals surface area (Å²) in [5.41, 5.74) is 9.95. The van der Waals surface area contributed by atoms with Crippen molar-refractivity contribution in [3.63, 3.8) is 0 Å². The number of anilines is 1. The summed E-state index contributed by atoms with van der Waals surface area (Å²) in [6, 6.07) is 14.3. The SMILES string of the molecule is Cc1ccc(NC2COc3ccccc32)c(C(N)=S)c1. The first kappa shape index (κ1) is 12.9. The van der Waals surface area contributed by atoms with E-state index in [-0.39, 0.29) is 6.04 Å². The third kappa shape index (κ3) is 2.34. The van der Waals surface area contributed by atoms with Crippen LogP contribution in [-0.2, 0) is 0 Å². The molecule has 3 N–H and O–H groups in total. The number of benzene rings is 2. The Morgan fingerprint density at radius 2 is 2.10 bits per heavy atom. The summed E-state index contributed by atoms with van der Waals surface area (Å²) in [5, 5.41) is 3.48. The molecule has 0 saturated carbocycles. The summed E-state index contributed by atoms with van der Waals surface area (Å²) in [6.07, 6.45) is 0. The van der Waals surface area contributed by atoms with Crippen molar-refractivity contribution < 1.29 is 4.74 Å². The molecule has 1 aliphatic rings. The summed E-state index contributed by atoms with van der Waals surface area (Å²) in [7, 11) is 0. The zero-order valence-electron chi connectivity index (χ0n) is 11.2. The van der Waals surface area contributed by atoms with Crippen molar-refractivity contribution in [2.45, 2.75) is 13.0 Å². The van der Waals surface area contributed by atoms with Crippen molar-refractivity contribution in [2.24, 2.45) is 5.73 Å². The summed E-state index contributed by atoms with van der Waals surface area (Å²) in [4.78, 5) is 0.406. The molecule has 0 amide bonds. The maximum atomic E-state index is 5.81. The molecule has 0 fully saturated rings. The van der Waals surface area contributed by atoms with Crippen molar-refractivity contribution in [1.82, 2.24) is 0 Å². The second-order valence-electron chi connectivity index (χ2n) is 4.96. The van der Waals surface area contributed by atoms with Crippen LogP contribution in [0.3, 0.4) is 0 Å². The van der Waals surface area contributed by atoms with Crippen LogP contribution in [0.15, 0.2) is 42.5 Å². The molecular weight excluding hydrogens is 268 g/mol. The smallest absolute Gasteiger partial charge is 0.124 e. The molecule has 0 saturated heterocycles. The van der Waals surface area contributed by atoms with Crippen LogP contribution in [-0.4, -0.2) is 11.6 Å². The van der Waals surface area contributed by atoms with Gasteiger partial charge in [-0.3, -0.25) is 0 Å². The van der Waals surface area contributed by atoms with Crippen molar-refractivity contribution in [2.75, 3.05) is 11.9 Å². The molecular formula is C16H16N2OS. The van der Waals surface area contributed by atoms with E-state index in [2.05, 4.69) is 11.4 Å². The summed E-state index contributed by atoms with van der Waals surface area (Å²) in [5.74, 6) is 0.939. The molecule has 3 nitrogen and oxygen atoms in total. The molecule has 2 aromatic rings. The maximum absolute atomic E-state index is 5.81. The first-order valence-electron chi connectivity index (χ1n) is 6.54. The van der Waals surface area contributed by atoms with Crippen molar-refractivity contribution >= 4 is 22.9 Å². The van der Waals surface area contributed by atoms with Gasteiger partial charge in [0, 0.05) is 16.8 Å². The Morgan fingerprint density at radius 1 is 1.30 bits per heavy atom. The Morgan fingerprint density at radius 3 is 2.90 bits per heavy atom. The van der Waals surface area contributed by atoms with Crippen LogP contribution >= 0.6 is 12.2 Å². The Balaban J connectivity index is 1.92. The number of nitrogens with one attached hydrogen (secondary N) is 1. The number of fused-ring (bicyclic) bond motifs is 1. The number of nitrogens with two attached hydrogens (primary N) is 1. The van der Waals surface area contributed by atoms with Crippen LogP contribution in [0, 0.1) is 6.92 Å². The van der Waals surface area contributed by atoms with Crippen molar-refractivity contribution in [3.05, 3.63) is 59.2 Å². The van der Waals surface area contributed by atoms with E-state index in [1.807, 2.05) is 43.3 Å². The van der Waals surface area contributed by atoms with E-state index in [0.717, 1.165) is 22.6 Å². The van der Waals surface area contributed by atoms with Gasteiger partial charge in [-0.2, -0.15) is 0 Å². The minimum Gasteiger partial charge on any atom is -0.491 e. The highest BCUT2D eigenvalue weighted by atomic mass is 32.1. The third-order valence-corrected chi connectivity index (χ3v) is 3.69. The Labute approximate surface area is 123 Å². The molecule has 0 radical (unpaired) electrons. The number of thiocarbonyl (C=S) groups is 1. The minimum atomic E-state index is 0.127. The topological polar surface area (TPSA) is 47.3 Å². The fourth-order valence-corrected chi connectivity index (χ4v) is 2.63. The van der Waals surface area contributed by atoms with Crippen LogP contribution in [0.25, 0.3) is 0 Å². The Kier molecular flexibility index (Phi) is 3.32. The van der Waals surface area contributed by atoms with Gasteiger partial charge in [-0.25, -0.2) is 0 Å². The monoisotopic (exact) mass is 284 g/mol. The lowest BCUT2D eigenvalue weighted by atomic mass is 10.1. The quantitative estimate of drug-likeness (QED) is 0.850. The van der Waals surface area contributed by atoms with Gasteiger partial charge in [-0.15, -0.1) is 0 Å². The number of para-hydroxylation sites is 1. The second kappa shape index (κ2) is 5.13. The highest BCUT2D eigenvalue weighted by Gasteiger charge is 2.24. The predicted molar refractivity (Wildman–Crippen MR) is 85.4 cm³/mol. The molecule has 1 unspecified atom stereocenters. The molecule has 1 atom stereocenters. The summed E-state index contributed by atoms with van der Waals surface area (Å²) < 4.78 is 5.68. The van der Waals surface area contributed by atoms with Crippen molar-refractivity contribution in [3.8, 4) is 5.75 Å². The standard InChI is InChI=1S/C16H16N2OS/c1-10-6-7-13(12(8-10)16(17)20)18-14-9-19-15-5-3-2-4-11(14)15/h2-8,14,18H,9H2,1H3,(H2,17,20). The molecule has 0 spiro atoms. The van der Waals surface area contributed by atoms with Gasteiger partial charge in [-0.05, 0) is 25.1 Å². The van der Waals surface area contributed by atoms with Crippen LogP contribution in [0.5, 0.6) is 5.75 Å². The van der Waals surface area contributed by atoms with Gasteiger partial charge >= 0.3 is 0 Å². The highest BCUT2D eigenvalue weighted by molar-refractivity contribution is 7.80. The number of hydrogen-bond donors (Lipinski definition) is 2. The molecule has 20 heavy (non-hydrogen) atoms. The third-order valence-electron chi connectivity index (χ3n) is 3.47. The van der Waals surface area contributed by atoms with Gasteiger partial charge in [0.25, 0.3) is 0 Å². The molecule has 0 bridgehead atoms. The fraction of sp³-hybridized carbons (Fsp3) is 0.188. The number of ether oxygens (including phenoxy) is 1. The van der Waals surface area contributed by atoms with E-state index in [1.165, 1.54) is 5.56 Å². The largest absolute Gasteiger partial charge is 0.491 e. The van der Waals surface area contributed by atoms with Crippen LogP contribution < -0.4 is 15.8 Å². The van der Waals surface area contributed by atoms with Crippen molar-refractivity contribution in [1.29, 1.82) is 0 Å². The zero-order valence-corrected chi connectivity index (χ0v) is 12.0. The molecule has 1 heterocycles. The van der Waals surface area contributed by atoms with Crippen LogP contribution in [0.4, 0.5) is 5.69 Å². The van der Waals surface area contributed by atoms with E-state index in [0.29, 0.717) is 11.6 Å². The second-order valence-corrected chi connectivity index (χ2v) is 5.40. The molecule has 0 aliphatic carbocycles. The Hall–Kier alpha value is -2.07. The summed E-state index contributed by atoms with van der Waals surface area (Å²) in [6.45, 7) is 2.64. The first-order chi connectivity index (χ1) is 9.65. The van der Waals surface area contributed by atoms with Gasteiger partial charge in [0.1, 0.15) is 17.3 Å². The van der Waals surface area contributed by atoms with E-state index < -0.39 is 0 Å².